The summed E-state index contributed by atoms with van der Waals surface area (Å²) in [7, 11) is 0. The zero-order valence-corrected chi connectivity index (χ0v) is 18.6. The molecule has 0 atom stereocenters. The van der Waals surface area contributed by atoms with E-state index in [1.807, 2.05) is 0 Å². The summed E-state index contributed by atoms with van der Waals surface area (Å²) in [6.45, 7) is 0.971. The SMILES string of the molecule is O=C(COc1ccc(C(=O)c2ccc(Cl)cc2)cc1)NC1CCN(C(=O)c2ccco2)CC1. The van der Waals surface area contributed by atoms with Crippen molar-refractivity contribution in [3.8, 4) is 5.75 Å². The molecule has 0 spiro atoms. The number of piperidine rings is 1. The standard InChI is InChI=1S/C25H23ClN2O5/c26-19-7-3-17(4-8-19)24(30)18-5-9-21(10-6-18)33-16-23(29)27-20-11-13-28(14-12-20)25(31)22-2-1-15-32-22/h1-10,15,20H,11-14,16H2,(H,27,29). The number of halogens is 1. The normalized spacial score (nSPS) is 14.0. The highest BCUT2D eigenvalue weighted by molar-refractivity contribution is 6.30. The second kappa shape index (κ2) is 10.4. The second-order valence-corrected chi connectivity index (χ2v) is 8.20. The maximum Gasteiger partial charge on any atom is 0.289 e. The van der Waals surface area contributed by atoms with Crippen LogP contribution in [-0.2, 0) is 4.79 Å². The lowest BCUT2D eigenvalue weighted by Crippen LogP contribution is -2.47. The summed E-state index contributed by atoms with van der Waals surface area (Å²) < 4.78 is 10.7. The Morgan fingerprint density at radius 1 is 0.970 bits per heavy atom. The Hall–Kier alpha value is -3.58. The Balaban J connectivity index is 1.21. The van der Waals surface area contributed by atoms with Crippen LogP contribution >= 0.6 is 11.6 Å². The monoisotopic (exact) mass is 466 g/mol. The van der Waals surface area contributed by atoms with Crippen LogP contribution in [0.2, 0.25) is 5.02 Å². The maximum absolute atomic E-state index is 12.5. The molecule has 2 aromatic carbocycles. The fourth-order valence-corrected chi connectivity index (χ4v) is 3.80. The van der Waals surface area contributed by atoms with Crippen molar-refractivity contribution in [1.29, 1.82) is 0 Å². The zero-order valence-electron chi connectivity index (χ0n) is 17.8. The van der Waals surface area contributed by atoms with E-state index in [0.717, 1.165) is 0 Å². The summed E-state index contributed by atoms with van der Waals surface area (Å²) in [4.78, 5) is 38.8. The van der Waals surface area contributed by atoms with Crippen molar-refractivity contribution in [3.05, 3.63) is 88.8 Å². The summed E-state index contributed by atoms with van der Waals surface area (Å²) in [5.74, 6) is 0.342. The van der Waals surface area contributed by atoms with Crippen LogP contribution in [0.4, 0.5) is 0 Å². The van der Waals surface area contributed by atoms with Crippen molar-refractivity contribution in [2.75, 3.05) is 19.7 Å². The number of furan rings is 1. The molecular formula is C25H23ClN2O5. The minimum absolute atomic E-state index is 0.0128. The third-order valence-electron chi connectivity index (χ3n) is 5.47. The Morgan fingerprint density at radius 2 is 1.61 bits per heavy atom. The minimum atomic E-state index is -0.230. The number of amides is 2. The molecule has 1 aliphatic heterocycles. The van der Waals surface area contributed by atoms with Crippen LogP contribution in [0.5, 0.6) is 5.75 Å². The molecule has 170 valence electrons. The van der Waals surface area contributed by atoms with Gasteiger partial charge >= 0.3 is 0 Å². The number of carbonyl (C=O) groups is 3. The van der Waals surface area contributed by atoms with Crippen molar-refractivity contribution >= 4 is 29.2 Å². The van der Waals surface area contributed by atoms with Crippen LogP contribution in [0.15, 0.2) is 71.3 Å². The summed E-state index contributed by atoms with van der Waals surface area (Å²) >= 11 is 5.86. The Bertz CT molecular complexity index is 1100. The highest BCUT2D eigenvalue weighted by Crippen LogP contribution is 2.18. The van der Waals surface area contributed by atoms with Gasteiger partial charge in [0.25, 0.3) is 11.8 Å². The molecule has 1 N–H and O–H groups in total. The first-order chi connectivity index (χ1) is 16.0. The topological polar surface area (TPSA) is 88.9 Å². The van der Waals surface area contributed by atoms with Crippen molar-refractivity contribution in [2.45, 2.75) is 18.9 Å². The van der Waals surface area contributed by atoms with Gasteiger partial charge in [-0.1, -0.05) is 11.6 Å². The van der Waals surface area contributed by atoms with E-state index in [4.69, 9.17) is 20.8 Å². The van der Waals surface area contributed by atoms with Gasteiger partial charge in [-0.15, -0.1) is 0 Å². The molecule has 33 heavy (non-hydrogen) atoms. The molecule has 4 rings (SSSR count). The number of hydrogen-bond acceptors (Lipinski definition) is 5. The first-order valence-corrected chi connectivity index (χ1v) is 11.0. The number of likely N-dealkylation sites (tertiary alicyclic amines) is 1. The first-order valence-electron chi connectivity index (χ1n) is 10.6. The highest BCUT2D eigenvalue weighted by atomic mass is 35.5. The van der Waals surface area contributed by atoms with Gasteiger partial charge in [0.1, 0.15) is 5.75 Å². The largest absolute Gasteiger partial charge is 0.484 e. The third-order valence-corrected chi connectivity index (χ3v) is 5.72. The van der Waals surface area contributed by atoms with Crippen molar-refractivity contribution in [2.24, 2.45) is 0 Å². The molecule has 2 amide bonds. The van der Waals surface area contributed by atoms with E-state index in [0.29, 0.717) is 53.6 Å². The van der Waals surface area contributed by atoms with Gasteiger partial charge in [-0.25, -0.2) is 0 Å². The quantitative estimate of drug-likeness (QED) is 0.532. The Morgan fingerprint density at radius 3 is 2.21 bits per heavy atom. The number of ether oxygens (including phenoxy) is 1. The molecule has 0 unspecified atom stereocenters. The highest BCUT2D eigenvalue weighted by Gasteiger charge is 2.25. The van der Waals surface area contributed by atoms with E-state index >= 15 is 0 Å². The average molecular weight is 467 g/mol. The Kier molecular flexibility index (Phi) is 7.10. The second-order valence-electron chi connectivity index (χ2n) is 7.76. The number of nitrogens with one attached hydrogen (secondary N) is 1. The molecule has 0 aliphatic carbocycles. The molecule has 8 heteroatoms. The minimum Gasteiger partial charge on any atom is -0.484 e. The van der Waals surface area contributed by atoms with Gasteiger partial charge < -0.3 is 19.4 Å². The molecule has 2 heterocycles. The molecule has 1 fully saturated rings. The molecular weight excluding hydrogens is 444 g/mol. The van der Waals surface area contributed by atoms with Crippen LogP contribution in [-0.4, -0.2) is 48.2 Å². The van der Waals surface area contributed by atoms with Gasteiger partial charge in [-0.3, -0.25) is 14.4 Å². The molecule has 1 saturated heterocycles. The van der Waals surface area contributed by atoms with Crippen molar-refractivity contribution in [1.82, 2.24) is 10.2 Å². The van der Waals surface area contributed by atoms with Gasteiger partial charge in [-0.05, 0) is 73.5 Å². The van der Waals surface area contributed by atoms with Crippen molar-refractivity contribution < 1.29 is 23.5 Å². The van der Waals surface area contributed by atoms with Gasteiger partial charge in [0.15, 0.2) is 18.2 Å². The van der Waals surface area contributed by atoms with Gasteiger partial charge in [0.2, 0.25) is 0 Å². The molecule has 0 saturated carbocycles. The summed E-state index contributed by atoms with van der Waals surface area (Å²) in [6.07, 6.45) is 2.81. The number of rotatable bonds is 7. The summed E-state index contributed by atoms with van der Waals surface area (Å²) in [5, 5.41) is 3.52. The first kappa shape index (κ1) is 22.6. The maximum atomic E-state index is 12.5. The van der Waals surface area contributed by atoms with Crippen LogP contribution < -0.4 is 10.1 Å². The van der Waals surface area contributed by atoms with Crippen LogP contribution in [0.25, 0.3) is 0 Å². The lowest BCUT2D eigenvalue weighted by Gasteiger charge is -2.31. The van der Waals surface area contributed by atoms with E-state index in [-0.39, 0.29) is 30.2 Å². The molecule has 3 aromatic rings. The Labute approximate surface area is 196 Å². The van der Waals surface area contributed by atoms with E-state index < -0.39 is 0 Å². The fraction of sp³-hybridized carbons (Fsp3) is 0.240. The molecule has 1 aromatic heterocycles. The molecule has 7 nitrogen and oxygen atoms in total. The lowest BCUT2D eigenvalue weighted by atomic mass is 10.0. The number of ketones is 1. The van der Waals surface area contributed by atoms with Gasteiger partial charge in [-0.2, -0.15) is 0 Å². The number of nitrogens with zero attached hydrogens (tertiary/aromatic N) is 1. The van der Waals surface area contributed by atoms with Crippen molar-refractivity contribution in [3.63, 3.8) is 0 Å². The lowest BCUT2D eigenvalue weighted by molar-refractivity contribution is -0.124. The predicted octanol–water partition coefficient (Wildman–Crippen LogP) is 3.96. The zero-order chi connectivity index (χ0) is 23.2. The number of hydrogen-bond donors (Lipinski definition) is 1. The number of benzene rings is 2. The summed E-state index contributed by atoms with van der Waals surface area (Å²) in [5.41, 5.74) is 1.06. The van der Waals surface area contributed by atoms with Crippen LogP contribution in [0, 0.1) is 0 Å². The van der Waals surface area contributed by atoms with Crippen LogP contribution in [0.1, 0.15) is 39.3 Å². The third kappa shape index (κ3) is 5.81. The average Bonchev–Trinajstić information content (AvgIpc) is 3.38. The number of carbonyl (C=O) groups excluding carboxylic acids is 3. The summed E-state index contributed by atoms with van der Waals surface area (Å²) in [6, 6.07) is 16.7. The molecule has 0 radical (unpaired) electrons. The van der Waals surface area contributed by atoms with Gasteiger partial charge in [0.05, 0.1) is 6.26 Å². The van der Waals surface area contributed by atoms with E-state index in [2.05, 4.69) is 5.32 Å². The van der Waals surface area contributed by atoms with E-state index in [1.165, 1.54) is 6.26 Å². The fourth-order valence-electron chi connectivity index (χ4n) is 3.67. The molecule has 0 bridgehead atoms. The van der Waals surface area contributed by atoms with E-state index in [9.17, 15) is 14.4 Å². The molecule has 1 aliphatic rings. The smallest absolute Gasteiger partial charge is 0.289 e. The van der Waals surface area contributed by atoms with Gasteiger partial charge in [0, 0.05) is 35.3 Å². The van der Waals surface area contributed by atoms with E-state index in [1.54, 1.807) is 65.6 Å². The van der Waals surface area contributed by atoms with Crippen LogP contribution in [0.3, 0.4) is 0 Å². The predicted molar refractivity (Wildman–Crippen MR) is 123 cm³/mol.